The highest BCUT2D eigenvalue weighted by atomic mass is 32.1. The fourth-order valence-electron chi connectivity index (χ4n) is 3.03. The molecule has 0 radical (unpaired) electrons. The zero-order chi connectivity index (χ0) is 17.6. The van der Waals surface area contributed by atoms with Crippen molar-refractivity contribution in [1.29, 1.82) is 0 Å². The Bertz CT molecular complexity index is 737. The van der Waals surface area contributed by atoms with E-state index in [4.69, 9.17) is 9.15 Å². The third-order valence-electron chi connectivity index (χ3n) is 4.16. The Balaban J connectivity index is 1.67. The Morgan fingerprint density at radius 3 is 2.96 bits per heavy atom. The van der Waals surface area contributed by atoms with E-state index in [0.717, 1.165) is 37.0 Å². The van der Waals surface area contributed by atoms with Crippen molar-refractivity contribution in [1.82, 2.24) is 0 Å². The summed E-state index contributed by atoms with van der Waals surface area (Å²) < 4.78 is 10.4. The molecule has 0 spiro atoms. The molecule has 3 rings (SSSR count). The van der Waals surface area contributed by atoms with Gasteiger partial charge in [0.05, 0.1) is 18.4 Å². The van der Waals surface area contributed by atoms with E-state index >= 15 is 0 Å². The number of esters is 1. The summed E-state index contributed by atoms with van der Waals surface area (Å²) >= 11 is 1.51. The van der Waals surface area contributed by atoms with Crippen LogP contribution in [0.5, 0.6) is 0 Å². The number of furan rings is 1. The van der Waals surface area contributed by atoms with Crippen LogP contribution in [0.4, 0.5) is 5.00 Å². The lowest BCUT2D eigenvalue weighted by Crippen LogP contribution is -2.84. The van der Waals surface area contributed by atoms with Crippen molar-refractivity contribution in [3.05, 3.63) is 40.2 Å². The molecule has 0 bridgehead atoms. The van der Waals surface area contributed by atoms with E-state index in [1.165, 1.54) is 16.2 Å². The number of hydrogen-bond donors (Lipinski definition) is 2. The second kappa shape index (κ2) is 8.31. The molecule has 134 valence electrons. The fourth-order valence-corrected chi connectivity index (χ4v) is 4.32. The van der Waals surface area contributed by atoms with Crippen molar-refractivity contribution in [3.63, 3.8) is 0 Å². The molecule has 6 nitrogen and oxygen atoms in total. The van der Waals surface area contributed by atoms with Crippen LogP contribution in [0.3, 0.4) is 0 Å². The first kappa shape index (κ1) is 17.7. The lowest BCUT2D eigenvalue weighted by molar-refractivity contribution is -0.661. The van der Waals surface area contributed by atoms with E-state index in [-0.39, 0.29) is 18.4 Å². The summed E-state index contributed by atoms with van der Waals surface area (Å²) in [5.74, 6) is 0.360. The van der Waals surface area contributed by atoms with Crippen LogP contribution < -0.4 is 10.6 Å². The summed E-state index contributed by atoms with van der Waals surface area (Å²) in [5.41, 5.74) is 1.62. The molecule has 7 heteroatoms. The number of amides is 1. The number of thiophene rings is 1. The number of nitrogens with one attached hydrogen (secondary N) is 1. The normalized spacial score (nSPS) is 13.3. The highest BCUT2D eigenvalue weighted by Crippen LogP contribution is 2.38. The van der Waals surface area contributed by atoms with Gasteiger partial charge in [0.1, 0.15) is 11.5 Å². The first-order chi connectivity index (χ1) is 12.2. The van der Waals surface area contributed by atoms with Crippen molar-refractivity contribution in [2.75, 3.05) is 18.5 Å². The molecule has 25 heavy (non-hydrogen) atoms. The van der Waals surface area contributed by atoms with Gasteiger partial charge in [0.25, 0.3) is 5.91 Å². The topological polar surface area (TPSA) is 85.1 Å². The minimum Gasteiger partial charge on any atom is -0.463 e. The van der Waals surface area contributed by atoms with Gasteiger partial charge in [-0.2, -0.15) is 0 Å². The molecule has 0 atom stereocenters. The predicted octanol–water partition coefficient (Wildman–Crippen LogP) is 2.10. The summed E-state index contributed by atoms with van der Waals surface area (Å²) in [7, 11) is 0. The molecule has 0 fully saturated rings. The van der Waals surface area contributed by atoms with Gasteiger partial charge in [0, 0.05) is 4.88 Å². The molecule has 2 aromatic heterocycles. The summed E-state index contributed by atoms with van der Waals surface area (Å²) in [6.45, 7) is 2.99. The van der Waals surface area contributed by atoms with Crippen LogP contribution in [0.2, 0.25) is 0 Å². The summed E-state index contributed by atoms with van der Waals surface area (Å²) in [5, 5.41) is 5.40. The lowest BCUT2D eigenvalue weighted by Gasteiger charge is -2.12. The van der Waals surface area contributed by atoms with Crippen molar-refractivity contribution >= 4 is 28.2 Å². The molecule has 1 aliphatic carbocycles. The van der Waals surface area contributed by atoms with Crippen LogP contribution in [0.15, 0.2) is 22.8 Å². The first-order valence-corrected chi connectivity index (χ1v) is 9.46. The third-order valence-corrected chi connectivity index (χ3v) is 5.37. The quantitative estimate of drug-likeness (QED) is 0.738. The molecule has 1 aliphatic rings. The average molecular weight is 363 g/mol. The van der Waals surface area contributed by atoms with E-state index in [1.54, 1.807) is 13.2 Å². The first-order valence-electron chi connectivity index (χ1n) is 8.64. The number of nitrogens with two attached hydrogens (primary N) is 1. The van der Waals surface area contributed by atoms with Gasteiger partial charge in [-0.15, -0.1) is 11.3 Å². The van der Waals surface area contributed by atoms with Crippen LogP contribution >= 0.6 is 11.3 Å². The average Bonchev–Trinajstić information content (AvgIpc) is 3.22. The zero-order valence-corrected chi connectivity index (χ0v) is 15.1. The largest absolute Gasteiger partial charge is 0.463 e. The van der Waals surface area contributed by atoms with Crippen LogP contribution in [0.25, 0.3) is 0 Å². The standard InChI is InChI=1S/C18H22N2O4S/c1-2-23-18(22)16-13-7-3-4-8-14(13)25-17(16)20-15(21)11-19-10-12-6-5-9-24-12/h5-6,9,19H,2-4,7-8,10-11H2,1H3,(H,20,21)/p+1. The fraction of sp³-hybridized carbons (Fsp3) is 0.444. The van der Waals surface area contributed by atoms with Crippen LogP contribution in [0.1, 0.15) is 46.3 Å². The van der Waals surface area contributed by atoms with Crippen molar-refractivity contribution in [2.24, 2.45) is 0 Å². The number of carbonyl (C=O) groups excluding carboxylic acids is 2. The van der Waals surface area contributed by atoms with Gasteiger partial charge in [-0.25, -0.2) is 4.79 Å². The molecular formula is C18H23N2O4S+. The maximum atomic E-state index is 12.4. The highest BCUT2D eigenvalue weighted by molar-refractivity contribution is 7.17. The molecule has 0 aromatic carbocycles. The number of hydrogen-bond acceptors (Lipinski definition) is 5. The minimum atomic E-state index is -0.336. The SMILES string of the molecule is CCOC(=O)c1c(NC(=O)C[NH2+]Cc2ccco2)sc2c1CCCC2. The molecule has 2 heterocycles. The van der Waals surface area contributed by atoms with Gasteiger partial charge in [0.15, 0.2) is 12.3 Å². The van der Waals surface area contributed by atoms with E-state index in [0.29, 0.717) is 23.7 Å². The zero-order valence-electron chi connectivity index (χ0n) is 14.3. The lowest BCUT2D eigenvalue weighted by atomic mass is 9.95. The Labute approximate surface area is 150 Å². The number of ether oxygens (including phenoxy) is 1. The maximum absolute atomic E-state index is 12.4. The van der Waals surface area contributed by atoms with E-state index in [9.17, 15) is 9.59 Å². The van der Waals surface area contributed by atoms with Crippen molar-refractivity contribution in [3.8, 4) is 0 Å². The van der Waals surface area contributed by atoms with E-state index in [2.05, 4.69) is 5.32 Å². The van der Waals surface area contributed by atoms with E-state index in [1.807, 2.05) is 17.4 Å². The van der Waals surface area contributed by atoms with Gasteiger partial charge >= 0.3 is 5.97 Å². The molecule has 0 unspecified atom stereocenters. The van der Waals surface area contributed by atoms with Gasteiger partial charge in [0.2, 0.25) is 0 Å². The van der Waals surface area contributed by atoms with Crippen LogP contribution in [-0.4, -0.2) is 25.0 Å². The molecule has 0 saturated heterocycles. The molecule has 0 aliphatic heterocycles. The van der Waals surface area contributed by atoms with Gasteiger partial charge in [-0.05, 0) is 50.3 Å². The number of rotatable bonds is 7. The second-order valence-electron chi connectivity index (χ2n) is 5.96. The smallest absolute Gasteiger partial charge is 0.341 e. The maximum Gasteiger partial charge on any atom is 0.341 e. The Morgan fingerprint density at radius 2 is 2.20 bits per heavy atom. The monoisotopic (exact) mass is 363 g/mol. The number of aryl methyl sites for hydroxylation is 1. The van der Waals surface area contributed by atoms with E-state index < -0.39 is 0 Å². The number of anilines is 1. The van der Waals surface area contributed by atoms with Crippen LogP contribution in [0, 0.1) is 0 Å². The Morgan fingerprint density at radius 1 is 1.36 bits per heavy atom. The molecule has 3 N–H and O–H groups in total. The molecule has 2 aromatic rings. The van der Waals surface area contributed by atoms with Gasteiger partial charge in [-0.3, -0.25) is 4.79 Å². The highest BCUT2D eigenvalue weighted by Gasteiger charge is 2.27. The molecular weight excluding hydrogens is 340 g/mol. The minimum absolute atomic E-state index is 0.129. The summed E-state index contributed by atoms with van der Waals surface area (Å²) in [4.78, 5) is 25.8. The number of quaternary nitrogens is 1. The van der Waals surface area contributed by atoms with Crippen molar-refractivity contribution < 1.29 is 24.1 Å². The predicted molar refractivity (Wildman–Crippen MR) is 94.8 cm³/mol. The molecule has 1 amide bonds. The summed E-state index contributed by atoms with van der Waals surface area (Å²) in [6.07, 6.45) is 5.65. The third kappa shape index (κ3) is 4.29. The number of fused-ring (bicyclic) bond motifs is 1. The van der Waals surface area contributed by atoms with Crippen LogP contribution in [-0.2, 0) is 28.9 Å². The second-order valence-corrected chi connectivity index (χ2v) is 7.07. The summed E-state index contributed by atoms with van der Waals surface area (Å²) in [6, 6.07) is 3.70. The Hall–Kier alpha value is -2.12. The number of carbonyl (C=O) groups is 2. The van der Waals surface area contributed by atoms with Crippen molar-refractivity contribution in [2.45, 2.75) is 39.2 Å². The Kier molecular flexibility index (Phi) is 5.88. The van der Waals surface area contributed by atoms with Gasteiger partial charge in [-0.1, -0.05) is 0 Å². The molecule has 0 saturated carbocycles. The van der Waals surface area contributed by atoms with Gasteiger partial charge < -0.3 is 19.8 Å².